The van der Waals surface area contributed by atoms with Gasteiger partial charge in [0, 0.05) is 0 Å². The van der Waals surface area contributed by atoms with Gasteiger partial charge in [-0.1, -0.05) is 6.08 Å². The van der Waals surface area contributed by atoms with Crippen LogP contribution in [0.5, 0.6) is 0 Å². The average Bonchev–Trinajstić information content (AvgIpc) is 2.36. The number of carbonyl (C=O) groups excluding carboxylic acids is 1. The summed E-state index contributed by atoms with van der Waals surface area (Å²) in [5.74, 6) is -2.51. The minimum Gasteiger partial charge on any atom is -0.466 e. The number of allylic oxidation sites excluding steroid dienone is 1. The standard InChI is InChI=1S/C12H21F2O5P/c1-5-10(9-11(15)17-6-2)12(13,14)20(16,18-7-3)19-8-4/h5,10H,1,6-9H2,2-4H3. The van der Waals surface area contributed by atoms with Crippen molar-refractivity contribution in [3.05, 3.63) is 12.7 Å². The lowest BCUT2D eigenvalue weighted by Crippen LogP contribution is -2.31. The first kappa shape index (κ1) is 19.2. The molecule has 0 N–H and O–H groups in total. The smallest absolute Gasteiger partial charge is 0.400 e. The summed E-state index contributed by atoms with van der Waals surface area (Å²) < 4.78 is 54.7. The molecule has 0 aromatic heterocycles. The number of alkyl halides is 2. The van der Waals surface area contributed by atoms with Crippen molar-refractivity contribution in [2.75, 3.05) is 19.8 Å². The molecule has 0 aromatic rings. The summed E-state index contributed by atoms with van der Waals surface area (Å²) in [6, 6.07) is 0. The number of hydrogen-bond donors (Lipinski definition) is 0. The lowest BCUT2D eigenvalue weighted by Gasteiger charge is -2.30. The van der Waals surface area contributed by atoms with Gasteiger partial charge in [-0.3, -0.25) is 9.36 Å². The quantitative estimate of drug-likeness (QED) is 0.350. The molecule has 0 fully saturated rings. The van der Waals surface area contributed by atoms with Gasteiger partial charge < -0.3 is 13.8 Å². The molecule has 0 amide bonds. The zero-order valence-corrected chi connectivity index (χ0v) is 12.8. The van der Waals surface area contributed by atoms with Crippen LogP contribution < -0.4 is 0 Å². The summed E-state index contributed by atoms with van der Waals surface area (Å²) in [6.07, 6.45) is 0.218. The van der Waals surface area contributed by atoms with E-state index in [-0.39, 0.29) is 19.8 Å². The maximum absolute atomic E-state index is 14.3. The third kappa shape index (κ3) is 4.65. The molecule has 0 spiro atoms. The molecule has 118 valence electrons. The van der Waals surface area contributed by atoms with Crippen LogP contribution in [-0.4, -0.2) is 31.5 Å². The van der Waals surface area contributed by atoms with Gasteiger partial charge in [-0.05, 0) is 20.8 Å². The van der Waals surface area contributed by atoms with Gasteiger partial charge in [0.25, 0.3) is 0 Å². The number of carbonyl (C=O) groups is 1. The zero-order chi connectivity index (χ0) is 15.8. The van der Waals surface area contributed by atoms with Gasteiger partial charge in [-0.2, -0.15) is 8.78 Å². The third-order valence-corrected chi connectivity index (χ3v) is 4.64. The molecule has 0 aromatic carbocycles. The Morgan fingerprint density at radius 3 is 2.10 bits per heavy atom. The highest BCUT2D eigenvalue weighted by Gasteiger charge is 2.58. The first-order chi connectivity index (χ1) is 9.28. The second kappa shape index (κ2) is 8.49. The SMILES string of the molecule is C=CC(CC(=O)OCC)C(F)(F)P(=O)(OCC)OCC. The van der Waals surface area contributed by atoms with Crippen molar-refractivity contribution in [3.8, 4) is 0 Å². The maximum atomic E-state index is 14.3. The lowest BCUT2D eigenvalue weighted by atomic mass is 10.1. The van der Waals surface area contributed by atoms with Gasteiger partial charge in [-0.25, -0.2) is 0 Å². The molecule has 0 rings (SSSR count). The number of ether oxygens (including phenoxy) is 1. The lowest BCUT2D eigenvalue weighted by molar-refractivity contribution is -0.145. The fourth-order valence-corrected chi connectivity index (χ4v) is 3.20. The van der Waals surface area contributed by atoms with Crippen LogP contribution in [0.2, 0.25) is 0 Å². The van der Waals surface area contributed by atoms with Crippen LogP contribution in [-0.2, 0) is 23.1 Å². The Morgan fingerprint density at radius 1 is 1.25 bits per heavy atom. The zero-order valence-electron chi connectivity index (χ0n) is 11.9. The van der Waals surface area contributed by atoms with Crippen molar-refractivity contribution >= 4 is 13.6 Å². The minimum atomic E-state index is -4.68. The summed E-state index contributed by atoms with van der Waals surface area (Å²) >= 11 is 0. The molecule has 0 bridgehead atoms. The maximum Gasteiger partial charge on any atom is 0.400 e. The van der Waals surface area contributed by atoms with Crippen LogP contribution in [0.3, 0.4) is 0 Å². The molecular formula is C12H21F2O5P. The third-order valence-electron chi connectivity index (χ3n) is 2.39. The number of hydrogen-bond acceptors (Lipinski definition) is 5. The normalized spacial score (nSPS) is 13.8. The summed E-state index contributed by atoms with van der Waals surface area (Å²) in [5.41, 5.74) is -3.85. The molecular weight excluding hydrogens is 293 g/mol. The van der Waals surface area contributed by atoms with Gasteiger partial charge >= 0.3 is 19.2 Å². The van der Waals surface area contributed by atoms with Crippen molar-refractivity contribution in [1.82, 2.24) is 0 Å². The highest BCUT2D eigenvalue weighted by atomic mass is 31.2. The topological polar surface area (TPSA) is 61.8 Å². The van der Waals surface area contributed by atoms with Gasteiger partial charge in [0.2, 0.25) is 0 Å². The Hall–Kier alpha value is -0.780. The fraction of sp³-hybridized carbons (Fsp3) is 0.750. The van der Waals surface area contributed by atoms with Gasteiger partial charge in [0.15, 0.2) is 0 Å². The van der Waals surface area contributed by atoms with Gasteiger partial charge in [-0.15, -0.1) is 6.58 Å². The number of rotatable bonds is 10. The highest BCUT2D eigenvalue weighted by molar-refractivity contribution is 7.55. The van der Waals surface area contributed by atoms with Gasteiger partial charge in [0.1, 0.15) is 0 Å². The predicted molar refractivity (Wildman–Crippen MR) is 70.7 cm³/mol. The molecule has 0 aliphatic heterocycles. The predicted octanol–water partition coefficient (Wildman–Crippen LogP) is 3.60. The van der Waals surface area contributed by atoms with E-state index in [1.54, 1.807) is 6.92 Å². The molecule has 0 radical (unpaired) electrons. The number of esters is 1. The molecule has 1 unspecified atom stereocenters. The van der Waals surface area contributed by atoms with Crippen LogP contribution in [0.15, 0.2) is 12.7 Å². The van der Waals surface area contributed by atoms with Crippen LogP contribution in [0.25, 0.3) is 0 Å². The second-order valence-corrected chi connectivity index (χ2v) is 5.88. The summed E-state index contributed by atoms with van der Waals surface area (Å²) in [6.45, 7) is 7.34. The second-order valence-electron chi connectivity index (χ2n) is 3.77. The monoisotopic (exact) mass is 314 g/mol. The van der Waals surface area contributed by atoms with Crippen molar-refractivity contribution in [3.63, 3.8) is 0 Å². The molecule has 0 saturated heterocycles. The van der Waals surface area contributed by atoms with Crippen molar-refractivity contribution in [2.24, 2.45) is 5.92 Å². The fourth-order valence-electron chi connectivity index (χ4n) is 1.50. The van der Waals surface area contributed by atoms with E-state index in [1.165, 1.54) is 13.8 Å². The van der Waals surface area contributed by atoms with E-state index in [1.807, 2.05) is 0 Å². The van der Waals surface area contributed by atoms with Gasteiger partial charge in [0.05, 0.1) is 32.2 Å². The Bertz CT molecular complexity index is 363. The molecule has 1 atom stereocenters. The molecule has 20 heavy (non-hydrogen) atoms. The van der Waals surface area contributed by atoms with Crippen LogP contribution >= 0.6 is 7.60 Å². The van der Waals surface area contributed by atoms with Crippen molar-refractivity contribution in [1.29, 1.82) is 0 Å². The molecule has 0 saturated carbocycles. The Kier molecular flexibility index (Phi) is 8.16. The Balaban J connectivity index is 5.24. The Morgan fingerprint density at radius 2 is 1.75 bits per heavy atom. The first-order valence-corrected chi connectivity index (χ1v) is 7.88. The van der Waals surface area contributed by atoms with E-state index >= 15 is 0 Å². The highest BCUT2D eigenvalue weighted by Crippen LogP contribution is 2.65. The van der Waals surface area contributed by atoms with E-state index in [0.29, 0.717) is 0 Å². The molecule has 5 nitrogen and oxygen atoms in total. The van der Waals surface area contributed by atoms with Crippen molar-refractivity contribution in [2.45, 2.75) is 32.9 Å². The van der Waals surface area contributed by atoms with Crippen LogP contribution in [0.1, 0.15) is 27.2 Å². The average molecular weight is 314 g/mol. The van der Waals surface area contributed by atoms with E-state index in [9.17, 15) is 18.1 Å². The van der Waals surface area contributed by atoms with E-state index in [4.69, 9.17) is 0 Å². The molecule has 0 aliphatic rings. The van der Waals surface area contributed by atoms with Crippen molar-refractivity contribution < 1.29 is 31.9 Å². The molecule has 0 heterocycles. The largest absolute Gasteiger partial charge is 0.466 e. The minimum absolute atomic E-state index is 0.0723. The summed E-state index contributed by atoms with van der Waals surface area (Å²) in [7, 11) is -4.68. The van der Waals surface area contributed by atoms with E-state index in [2.05, 4.69) is 20.4 Å². The summed E-state index contributed by atoms with van der Waals surface area (Å²) in [5, 5.41) is 0. The number of halogens is 2. The van der Waals surface area contributed by atoms with E-state index < -0.39 is 31.6 Å². The van der Waals surface area contributed by atoms with Crippen LogP contribution in [0, 0.1) is 5.92 Å². The Labute approximate surface area is 117 Å². The van der Waals surface area contributed by atoms with E-state index in [0.717, 1.165) is 6.08 Å². The first-order valence-electron chi connectivity index (χ1n) is 6.34. The molecule has 8 heteroatoms. The van der Waals surface area contributed by atoms with Crippen LogP contribution in [0.4, 0.5) is 8.78 Å². The summed E-state index contributed by atoms with van der Waals surface area (Å²) in [4.78, 5) is 11.3. The molecule has 0 aliphatic carbocycles.